The van der Waals surface area contributed by atoms with Gasteiger partial charge in [-0.1, -0.05) is 26.7 Å². The number of carbonyl (C=O) groups excluding carboxylic acids is 2. The van der Waals surface area contributed by atoms with E-state index < -0.39 is 0 Å². The maximum Gasteiger partial charge on any atom is 0.324 e. The minimum absolute atomic E-state index is 0.174. The predicted molar refractivity (Wildman–Crippen MR) is 75.6 cm³/mol. The van der Waals surface area contributed by atoms with E-state index in [1.165, 1.54) is 30.6 Å². The molecule has 1 saturated heterocycles. The number of rotatable bonds is 9. The van der Waals surface area contributed by atoms with E-state index in [-0.39, 0.29) is 18.5 Å². The van der Waals surface area contributed by atoms with E-state index in [2.05, 4.69) is 30.3 Å². The van der Waals surface area contributed by atoms with Crippen molar-refractivity contribution in [2.24, 2.45) is 0 Å². The Bertz CT molecular complexity index is 321. The molecule has 0 atom stereocenters. The highest BCUT2D eigenvalue weighted by atomic mass is 16.2. The Balaban J connectivity index is 2.37. The molecule has 0 bridgehead atoms. The van der Waals surface area contributed by atoms with Crippen LogP contribution in [-0.4, -0.2) is 47.9 Å². The lowest BCUT2D eigenvalue weighted by atomic mass is 10.3. The van der Waals surface area contributed by atoms with E-state index in [0.717, 1.165) is 13.1 Å². The van der Waals surface area contributed by atoms with Crippen molar-refractivity contribution < 1.29 is 9.59 Å². The molecular formula is C14H25N3O2. The van der Waals surface area contributed by atoms with Gasteiger partial charge in [0.25, 0.3) is 0 Å². The van der Waals surface area contributed by atoms with Gasteiger partial charge in [-0.15, -0.1) is 0 Å². The maximum atomic E-state index is 11.4. The van der Waals surface area contributed by atoms with E-state index in [9.17, 15) is 9.59 Å². The van der Waals surface area contributed by atoms with Crippen molar-refractivity contribution in [3.8, 4) is 0 Å². The van der Waals surface area contributed by atoms with Gasteiger partial charge in [0.2, 0.25) is 5.91 Å². The van der Waals surface area contributed by atoms with Crippen molar-refractivity contribution in [3.05, 3.63) is 12.3 Å². The number of amides is 3. The normalized spacial score (nSPS) is 15.4. The van der Waals surface area contributed by atoms with Crippen molar-refractivity contribution in [2.75, 3.05) is 26.2 Å². The molecule has 0 aromatic carbocycles. The van der Waals surface area contributed by atoms with E-state index >= 15 is 0 Å². The van der Waals surface area contributed by atoms with Gasteiger partial charge >= 0.3 is 6.03 Å². The van der Waals surface area contributed by atoms with Gasteiger partial charge in [0, 0.05) is 19.6 Å². The van der Waals surface area contributed by atoms with Gasteiger partial charge in [-0.25, -0.2) is 4.79 Å². The first-order valence-corrected chi connectivity index (χ1v) is 7.16. The van der Waals surface area contributed by atoms with Crippen molar-refractivity contribution in [1.29, 1.82) is 0 Å². The number of hydrogen-bond donors (Lipinski definition) is 1. The summed E-state index contributed by atoms with van der Waals surface area (Å²) in [5.41, 5.74) is 0. The summed E-state index contributed by atoms with van der Waals surface area (Å²) in [6.45, 7) is 7.14. The molecule has 0 spiro atoms. The summed E-state index contributed by atoms with van der Waals surface area (Å²) in [5, 5.41) is 2.27. The first kappa shape index (κ1) is 15.5. The fourth-order valence-electron chi connectivity index (χ4n) is 1.94. The number of imide groups is 1. The molecule has 1 N–H and O–H groups in total. The van der Waals surface area contributed by atoms with E-state index in [1.807, 2.05) is 6.08 Å². The molecule has 0 aromatic rings. The van der Waals surface area contributed by atoms with Crippen molar-refractivity contribution in [2.45, 2.75) is 39.5 Å². The minimum atomic E-state index is -0.289. The Morgan fingerprint density at radius 2 is 1.84 bits per heavy atom. The number of urea groups is 1. The smallest absolute Gasteiger partial charge is 0.324 e. The molecular weight excluding hydrogens is 242 g/mol. The molecule has 5 nitrogen and oxygen atoms in total. The third-order valence-electron chi connectivity index (χ3n) is 3.11. The first-order chi connectivity index (χ1) is 9.17. The van der Waals surface area contributed by atoms with Gasteiger partial charge < -0.3 is 9.80 Å². The van der Waals surface area contributed by atoms with Crippen LogP contribution in [0.1, 0.15) is 39.5 Å². The topological polar surface area (TPSA) is 52.6 Å². The van der Waals surface area contributed by atoms with Crippen LogP contribution < -0.4 is 5.32 Å². The third kappa shape index (κ3) is 5.77. The largest absolute Gasteiger partial charge is 0.378 e. The average molecular weight is 267 g/mol. The number of carbonyl (C=O) groups is 2. The highest BCUT2D eigenvalue weighted by molar-refractivity contribution is 6.01. The van der Waals surface area contributed by atoms with Gasteiger partial charge in [-0.05, 0) is 25.1 Å². The van der Waals surface area contributed by atoms with Gasteiger partial charge in [0.15, 0.2) is 0 Å². The summed E-state index contributed by atoms with van der Waals surface area (Å²) in [5.74, 6) is -0.216. The molecule has 0 saturated carbocycles. The van der Waals surface area contributed by atoms with Crippen LogP contribution in [-0.2, 0) is 4.79 Å². The Morgan fingerprint density at radius 1 is 1.21 bits per heavy atom. The lowest BCUT2D eigenvalue weighted by Crippen LogP contribution is -2.28. The van der Waals surface area contributed by atoms with Gasteiger partial charge in [-0.3, -0.25) is 10.1 Å². The zero-order valence-electron chi connectivity index (χ0n) is 12.0. The molecule has 5 heteroatoms. The fourth-order valence-corrected chi connectivity index (χ4v) is 1.94. The van der Waals surface area contributed by atoms with E-state index in [0.29, 0.717) is 6.54 Å². The highest BCUT2D eigenvalue weighted by Gasteiger charge is 2.25. The maximum absolute atomic E-state index is 11.4. The van der Waals surface area contributed by atoms with Crippen LogP contribution in [0.2, 0.25) is 0 Å². The number of hydrogen-bond acceptors (Lipinski definition) is 3. The zero-order chi connectivity index (χ0) is 14.1. The predicted octanol–water partition coefficient (Wildman–Crippen LogP) is 1.95. The Kier molecular flexibility index (Phi) is 7.00. The second-order valence-corrected chi connectivity index (χ2v) is 4.86. The highest BCUT2D eigenvalue weighted by Crippen LogP contribution is 2.02. The first-order valence-electron chi connectivity index (χ1n) is 7.16. The third-order valence-corrected chi connectivity index (χ3v) is 3.11. The monoisotopic (exact) mass is 267 g/mol. The molecule has 1 aliphatic heterocycles. The molecule has 19 heavy (non-hydrogen) atoms. The summed E-state index contributed by atoms with van der Waals surface area (Å²) in [6, 6.07) is -0.289. The van der Waals surface area contributed by atoms with Crippen LogP contribution in [0.3, 0.4) is 0 Å². The minimum Gasteiger partial charge on any atom is -0.378 e. The van der Waals surface area contributed by atoms with Crippen LogP contribution in [0.5, 0.6) is 0 Å². The van der Waals surface area contributed by atoms with Crippen molar-refractivity contribution in [1.82, 2.24) is 15.1 Å². The average Bonchev–Trinajstić information content (AvgIpc) is 2.70. The van der Waals surface area contributed by atoms with Crippen LogP contribution >= 0.6 is 0 Å². The van der Waals surface area contributed by atoms with Gasteiger partial charge in [-0.2, -0.15) is 0 Å². The fraction of sp³-hybridized carbons (Fsp3) is 0.714. The molecule has 1 rings (SSSR count). The second kappa shape index (κ2) is 8.56. The van der Waals surface area contributed by atoms with Gasteiger partial charge in [0.1, 0.15) is 6.54 Å². The van der Waals surface area contributed by atoms with E-state index in [1.54, 1.807) is 0 Å². The molecule has 1 heterocycles. The van der Waals surface area contributed by atoms with Crippen LogP contribution in [0.4, 0.5) is 4.79 Å². The van der Waals surface area contributed by atoms with Crippen LogP contribution in [0.25, 0.3) is 0 Å². The molecule has 0 aliphatic carbocycles. The zero-order valence-corrected chi connectivity index (χ0v) is 12.0. The Hall–Kier alpha value is -1.52. The molecule has 0 aromatic heterocycles. The van der Waals surface area contributed by atoms with E-state index in [4.69, 9.17) is 0 Å². The summed E-state index contributed by atoms with van der Waals surface area (Å²) in [7, 11) is 0. The summed E-state index contributed by atoms with van der Waals surface area (Å²) in [6.07, 6.45) is 8.73. The van der Waals surface area contributed by atoms with Crippen molar-refractivity contribution in [3.63, 3.8) is 0 Å². The number of unbranched alkanes of at least 4 members (excludes halogenated alkanes) is 2. The summed E-state index contributed by atoms with van der Waals surface area (Å²) >= 11 is 0. The quantitative estimate of drug-likeness (QED) is 0.650. The Morgan fingerprint density at radius 3 is 2.32 bits per heavy atom. The number of nitrogens with one attached hydrogen (secondary N) is 1. The lowest BCUT2D eigenvalue weighted by molar-refractivity contribution is -0.118. The van der Waals surface area contributed by atoms with Crippen molar-refractivity contribution >= 4 is 11.9 Å². The Labute approximate surface area is 115 Å². The molecule has 3 amide bonds. The second-order valence-electron chi connectivity index (χ2n) is 4.86. The lowest BCUT2D eigenvalue weighted by Gasteiger charge is -2.20. The standard InChI is InChI=1S/C14H25N3O2/c1-3-5-8-16(9-6-4-2)10-7-11-17-12-13(18)15-14(17)19/h7,10H,3-6,8-9,11-12H2,1-2H3,(H,15,18,19). The molecule has 1 fully saturated rings. The molecule has 1 aliphatic rings. The summed E-state index contributed by atoms with van der Waals surface area (Å²) in [4.78, 5) is 26.2. The molecule has 0 radical (unpaired) electrons. The molecule has 0 unspecified atom stereocenters. The molecule has 108 valence electrons. The SMILES string of the molecule is CCCCN(C=CCN1CC(=O)NC1=O)CCCC. The van der Waals surface area contributed by atoms with Crippen LogP contribution in [0, 0.1) is 0 Å². The number of nitrogens with zero attached hydrogens (tertiary/aromatic N) is 2. The van der Waals surface area contributed by atoms with Crippen LogP contribution in [0.15, 0.2) is 12.3 Å². The van der Waals surface area contributed by atoms with Gasteiger partial charge in [0.05, 0.1) is 0 Å². The summed E-state index contributed by atoms with van der Waals surface area (Å²) < 4.78 is 0.